The van der Waals surface area contributed by atoms with Crippen molar-refractivity contribution in [1.82, 2.24) is 0 Å². The summed E-state index contributed by atoms with van der Waals surface area (Å²) in [6.07, 6.45) is 9.19. The first kappa shape index (κ1) is 15.2. The average molecular weight is 312 g/mol. The third kappa shape index (κ3) is 2.81. The molecule has 1 aromatic carbocycles. The lowest BCUT2D eigenvalue weighted by atomic mass is 9.50. The Labute approximate surface area is 139 Å². The van der Waals surface area contributed by atoms with Crippen LogP contribution in [0, 0.1) is 30.1 Å². The van der Waals surface area contributed by atoms with E-state index in [1.54, 1.807) is 0 Å². The van der Waals surface area contributed by atoms with Crippen molar-refractivity contribution in [3.05, 3.63) is 34.9 Å². The molecular weight excluding hydrogens is 284 g/mol. The number of rotatable bonds is 4. The molecule has 0 amide bonds. The van der Waals surface area contributed by atoms with Gasteiger partial charge in [-0.05, 0) is 92.9 Å². The second kappa shape index (κ2) is 5.65. The molecule has 0 atom stereocenters. The van der Waals surface area contributed by atoms with Gasteiger partial charge in [-0.3, -0.25) is 0 Å². The lowest BCUT2D eigenvalue weighted by molar-refractivity contribution is -0.0848. The predicted molar refractivity (Wildman–Crippen MR) is 91.4 cm³/mol. The van der Waals surface area contributed by atoms with Crippen molar-refractivity contribution in [3.63, 3.8) is 0 Å². The SMILES string of the molecule is CCc1ccc(C(=O)OCC23CC4CC(CC(C4)C2)C3)cc1C. The molecule has 0 heterocycles. The standard InChI is InChI=1S/C21H28O2/c1-3-18-4-5-19(6-14(18)2)20(22)23-13-21-10-15-7-16(11-21)9-17(8-15)12-21/h4-6,15-17H,3,7-13H2,1-2H3. The van der Waals surface area contributed by atoms with Crippen molar-refractivity contribution in [3.8, 4) is 0 Å². The molecule has 4 saturated carbocycles. The lowest BCUT2D eigenvalue weighted by Gasteiger charge is -2.56. The van der Waals surface area contributed by atoms with E-state index in [1.165, 1.54) is 49.7 Å². The van der Waals surface area contributed by atoms with E-state index < -0.39 is 0 Å². The van der Waals surface area contributed by atoms with Crippen molar-refractivity contribution in [2.45, 2.75) is 58.8 Å². The normalized spacial score (nSPS) is 34.6. The molecule has 124 valence electrons. The van der Waals surface area contributed by atoms with E-state index in [-0.39, 0.29) is 5.97 Å². The fourth-order valence-corrected chi connectivity index (χ4v) is 5.99. The van der Waals surface area contributed by atoms with Gasteiger partial charge in [-0.25, -0.2) is 4.79 Å². The molecule has 0 unspecified atom stereocenters. The number of aryl methyl sites for hydroxylation is 2. The molecule has 2 heteroatoms. The lowest BCUT2D eigenvalue weighted by Crippen LogP contribution is -2.48. The minimum Gasteiger partial charge on any atom is -0.462 e. The van der Waals surface area contributed by atoms with E-state index in [9.17, 15) is 4.79 Å². The molecule has 23 heavy (non-hydrogen) atoms. The van der Waals surface area contributed by atoms with Gasteiger partial charge in [0.1, 0.15) is 0 Å². The molecule has 4 bridgehead atoms. The summed E-state index contributed by atoms with van der Waals surface area (Å²) in [6.45, 7) is 4.87. The van der Waals surface area contributed by atoms with Crippen LogP contribution in [0.25, 0.3) is 0 Å². The molecule has 0 radical (unpaired) electrons. The van der Waals surface area contributed by atoms with Crippen LogP contribution < -0.4 is 0 Å². The second-order valence-electron chi connectivity index (χ2n) is 8.49. The minimum absolute atomic E-state index is 0.133. The Morgan fingerprint density at radius 3 is 2.26 bits per heavy atom. The van der Waals surface area contributed by atoms with Gasteiger partial charge < -0.3 is 4.74 Å². The maximum atomic E-state index is 12.5. The zero-order valence-electron chi connectivity index (χ0n) is 14.4. The summed E-state index contributed by atoms with van der Waals surface area (Å²) in [7, 11) is 0. The van der Waals surface area contributed by atoms with Crippen LogP contribution in [-0.2, 0) is 11.2 Å². The van der Waals surface area contributed by atoms with Crippen LogP contribution in [0.1, 0.15) is 66.9 Å². The molecule has 0 N–H and O–H groups in total. The van der Waals surface area contributed by atoms with Gasteiger partial charge in [0.25, 0.3) is 0 Å². The highest BCUT2D eigenvalue weighted by Gasteiger charge is 2.51. The summed E-state index contributed by atoms with van der Waals surface area (Å²) in [5, 5.41) is 0. The molecular formula is C21H28O2. The van der Waals surface area contributed by atoms with Crippen LogP contribution >= 0.6 is 0 Å². The first-order chi connectivity index (χ1) is 11.1. The monoisotopic (exact) mass is 312 g/mol. The molecule has 5 rings (SSSR count). The van der Waals surface area contributed by atoms with Crippen LogP contribution in [0.3, 0.4) is 0 Å². The first-order valence-electron chi connectivity index (χ1n) is 9.33. The Kier molecular flexibility index (Phi) is 3.74. The number of benzene rings is 1. The average Bonchev–Trinajstić information content (AvgIpc) is 2.51. The van der Waals surface area contributed by atoms with Crippen molar-refractivity contribution < 1.29 is 9.53 Å². The third-order valence-corrected chi connectivity index (χ3v) is 6.63. The van der Waals surface area contributed by atoms with E-state index in [0.29, 0.717) is 17.6 Å². The van der Waals surface area contributed by atoms with Gasteiger partial charge in [-0.1, -0.05) is 13.0 Å². The van der Waals surface area contributed by atoms with E-state index in [1.807, 2.05) is 12.1 Å². The Bertz CT molecular complexity index is 581. The van der Waals surface area contributed by atoms with Gasteiger partial charge in [0.15, 0.2) is 0 Å². The van der Waals surface area contributed by atoms with Crippen molar-refractivity contribution in [2.75, 3.05) is 6.61 Å². The molecule has 0 aliphatic heterocycles. The molecule has 4 aliphatic carbocycles. The molecule has 4 fully saturated rings. The van der Waals surface area contributed by atoms with Crippen molar-refractivity contribution >= 4 is 5.97 Å². The van der Waals surface area contributed by atoms with E-state index in [4.69, 9.17) is 4.74 Å². The number of hydrogen-bond acceptors (Lipinski definition) is 2. The van der Waals surface area contributed by atoms with E-state index in [2.05, 4.69) is 19.9 Å². The second-order valence-corrected chi connectivity index (χ2v) is 8.49. The zero-order valence-corrected chi connectivity index (χ0v) is 14.4. The third-order valence-electron chi connectivity index (χ3n) is 6.63. The molecule has 0 aromatic heterocycles. The molecule has 4 aliphatic rings. The van der Waals surface area contributed by atoms with Crippen molar-refractivity contribution in [1.29, 1.82) is 0 Å². The maximum absolute atomic E-state index is 12.5. The van der Waals surface area contributed by atoms with Crippen LogP contribution in [0.4, 0.5) is 0 Å². The highest BCUT2D eigenvalue weighted by Crippen LogP contribution is 2.60. The van der Waals surface area contributed by atoms with Gasteiger partial charge in [0.05, 0.1) is 12.2 Å². The topological polar surface area (TPSA) is 26.3 Å². The Morgan fingerprint density at radius 2 is 1.74 bits per heavy atom. The van der Waals surface area contributed by atoms with Gasteiger partial charge >= 0.3 is 5.97 Å². The summed E-state index contributed by atoms with van der Waals surface area (Å²) in [4.78, 5) is 12.5. The van der Waals surface area contributed by atoms with Gasteiger partial charge in [-0.2, -0.15) is 0 Å². The zero-order chi connectivity index (χ0) is 16.0. The summed E-state index contributed by atoms with van der Waals surface area (Å²) in [6, 6.07) is 5.98. The summed E-state index contributed by atoms with van der Waals surface area (Å²) in [5.41, 5.74) is 3.52. The van der Waals surface area contributed by atoms with Gasteiger partial charge in [0.2, 0.25) is 0 Å². The fourth-order valence-electron chi connectivity index (χ4n) is 5.99. The summed E-state index contributed by atoms with van der Waals surface area (Å²) in [5.74, 6) is 2.59. The highest BCUT2D eigenvalue weighted by molar-refractivity contribution is 5.89. The Morgan fingerprint density at radius 1 is 1.13 bits per heavy atom. The largest absolute Gasteiger partial charge is 0.462 e. The smallest absolute Gasteiger partial charge is 0.338 e. The fraction of sp³-hybridized carbons (Fsp3) is 0.667. The summed E-state index contributed by atoms with van der Waals surface area (Å²) >= 11 is 0. The molecule has 0 spiro atoms. The molecule has 2 nitrogen and oxygen atoms in total. The van der Waals surface area contributed by atoms with Crippen molar-refractivity contribution in [2.24, 2.45) is 23.2 Å². The number of esters is 1. The van der Waals surface area contributed by atoms with Crippen LogP contribution in [0.2, 0.25) is 0 Å². The molecule has 0 saturated heterocycles. The van der Waals surface area contributed by atoms with Crippen LogP contribution in [-0.4, -0.2) is 12.6 Å². The van der Waals surface area contributed by atoms with Gasteiger partial charge in [-0.15, -0.1) is 0 Å². The first-order valence-corrected chi connectivity index (χ1v) is 9.33. The number of carbonyl (C=O) groups excluding carboxylic acids is 1. The van der Waals surface area contributed by atoms with E-state index in [0.717, 1.165) is 24.2 Å². The number of carbonyl (C=O) groups is 1. The van der Waals surface area contributed by atoms with E-state index >= 15 is 0 Å². The predicted octanol–water partition coefficient (Wildman–Crippen LogP) is 4.93. The summed E-state index contributed by atoms with van der Waals surface area (Å²) < 4.78 is 5.80. The number of hydrogen-bond donors (Lipinski definition) is 0. The Balaban J connectivity index is 1.43. The van der Waals surface area contributed by atoms with Crippen LogP contribution in [0.5, 0.6) is 0 Å². The highest BCUT2D eigenvalue weighted by atomic mass is 16.5. The minimum atomic E-state index is -0.133. The Hall–Kier alpha value is -1.31. The van der Waals surface area contributed by atoms with Gasteiger partial charge in [0, 0.05) is 5.41 Å². The quantitative estimate of drug-likeness (QED) is 0.737. The molecule has 1 aromatic rings. The number of ether oxygens (including phenoxy) is 1. The maximum Gasteiger partial charge on any atom is 0.338 e. The van der Waals surface area contributed by atoms with Crippen LogP contribution in [0.15, 0.2) is 18.2 Å².